The second kappa shape index (κ2) is 11.7. The average Bonchev–Trinajstić information content (AvgIpc) is 3.30. The van der Waals surface area contributed by atoms with Gasteiger partial charge in [-0.15, -0.1) is 5.10 Å². The van der Waals surface area contributed by atoms with Crippen molar-refractivity contribution in [2.45, 2.75) is 39.3 Å². The molecule has 1 aromatic carbocycles. The number of piperidine rings is 1. The molecule has 1 aliphatic heterocycles. The first-order valence-corrected chi connectivity index (χ1v) is 12.0. The van der Waals surface area contributed by atoms with Crippen molar-refractivity contribution < 1.29 is 27.4 Å². The molecular weight excluding hydrogens is 515 g/mol. The zero-order valence-electron chi connectivity index (χ0n) is 20.4. The monoisotopic (exact) mass is 543 g/mol. The fourth-order valence-electron chi connectivity index (χ4n) is 4.34. The Kier molecular flexibility index (Phi) is 8.34. The molecule has 1 saturated heterocycles. The van der Waals surface area contributed by atoms with Crippen LogP contribution in [0.1, 0.15) is 42.7 Å². The molecule has 0 radical (unpaired) electrons. The Morgan fingerprint density at radius 1 is 1.18 bits per heavy atom. The predicted octanol–water partition coefficient (Wildman–Crippen LogP) is 4.98. The lowest BCUT2D eigenvalue weighted by atomic mass is 10.0. The Labute approximate surface area is 222 Å². The van der Waals surface area contributed by atoms with Gasteiger partial charge < -0.3 is 14.4 Å². The van der Waals surface area contributed by atoms with E-state index in [-0.39, 0.29) is 41.6 Å². The van der Waals surface area contributed by atoms with E-state index in [9.17, 15) is 22.8 Å². The molecule has 9 nitrogen and oxygen atoms in total. The first kappa shape index (κ1) is 27.8. The van der Waals surface area contributed by atoms with Crippen LogP contribution >= 0.6 is 0 Å². The Balaban J connectivity index is 0.00000353. The molecule has 12 heteroatoms. The van der Waals surface area contributed by atoms with Crippen LogP contribution in [0.25, 0.3) is 11.0 Å². The average molecular weight is 544 g/mol. The summed E-state index contributed by atoms with van der Waals surface area (Å²) in [5.41, 5.74) is -0.829. The minimum absolute atomic E-state index is 0. The lowest BCUT2D eigenvalue weighted by molar-refractivity contribution is 0.0658. The summed E-state index contributed by atoms with van der Waals surface area (Å²) >= 11 is 0. The maximum atomic E-state index is 15.0. The number of Topliss-reactive ketones (excluding diaryl/α,β-unsaturated/α-hetero) is 1. The lowest BCUT2D eigenvalue weighted by Crippen LogP contribution is -2.35. The predicted molar refractivity (Wildman–Crippen MR) is 138 cm³/mol. The fourth-order valence-corrected chi connectivity index (χ4v) is 4.34. The third-order valence-corrected chi connectivity index (χ3v) is 6.40. The van der Waals surface area contributed by atoms with Gasteiger partial charge in [0.1, 0.15) is 17.2 Å². The van der Waals surface area contributed by atoms with Crippen molar-refractivity contribution in [3.8, 4) is 17.4 Å². The topological polar surface area (TPSA) is 102 Å². The molecule has 1 fully saturated rings. The molecule has 39 heavy (non-hydrogen) atoms. The van der Waals surface area contributed by atoms with Gasteiger partial charge >= 0.3 is 6.55 Å². The number of carbonyl (C=O) groups excluding carboxylic acids is 1. The van der Waals surface area contributed by atoms with Gasteiger partial charge in [0.2, 0.25) is 5.88 Å². The number of pyridine rings is 2. The highest BCUT2D eigenvalue weighted by atomic mass is 19.3. The van der Waals surface area contributed by atoms with Crippen molar-refractivity contribution in [1.29, 1.82) is 0 Å². The number of alkyl halides is 2. The Bertz CT molecular complexity index is 1530. The van der Waals surface area contributed by atoms with E-state index >= 15 is 0 Å². The van der Waals surface area contributed by atoms with Crippen LogP contribution < -0.4 is 15.0 Å². The Morgan fingerprint density at radius 3 is 2.67 bits per heavy atom. The molecular formula is C27H28F3N5O4. The van der Waals surface area contributed by atoms with E-state index < -0.39 is 29.3 Å². The SMILES string of the molecule is C.CN1CCC(Oc2n[nH]c3nccc(Oc4ccc(CC(=O)c5cccn(C(F)F)c5=O)cc4F)c23)CC1. The first-order chi connectivity index (χ1) is 18.3. The van der Waals surface area contributed by atoms with E-state index in [1.54, 1.807) is 6.07 Å². The van der Waals surface area contributed by atoms with Gasteiger partial charge in [0.15, 0.2) is 23.0 Å². The second-order valence-electron chi connectivity index (χ2n) is 9.06. The third-order valence-electron chi connectivity index (χ3n) is 6.40. The molecule has 0 amide bonds. The van der Waals surface area contributed by atoms with Gasteiger partial charge in [-0.05, 0) is 49.7 Å². The van der Waals surface area contributed by atoms with Crippen molar-refractivity contribution in [2.75, 3.05) is 20.1 Å². The number of nitrogens with zero attached hydrogens (tertiary/aromatic N) is 4. The maximum absolute atomic E-state index is 15.0. The summed E-state index contributed by atoms with van der Waals surface area (Å²) in [6, 6.07) is 7.85. The third kappa shape index (κ3) is 5.95. The molecule has 0 saturated carbocycles. The summed E-state index contributed by atoms with van der Waals surface area (Å²) in [5, 5.41) is 7.51. The van der Waals surface area contributed by atoms with Crippen LogP contribution in [0.2, 0.25) is 0 Å². The Morgan fingerprint density at radius 2 is 1.95 bits per heavy atom. The molecule has 0 spiro atoms. The van der Waals surface area contributed by atoms with Gasteiger partial charge in [-0.25, -0.2) is 9.37 Å². The standard InChI is InChI=1S/C26H24F3N5O4.CH4/c1-33-11-7-16(8-12-33)37-24-22-21(6-9-30-23(22)31-32-24)38-20-5-4-15(13-18(20)27)14-19(35)17-3-2-10-34(25(17)36)26(28)29;/h2-6,9-10,13,16,26H,7-8,11-12,14H2,1H3,(H,30,31,32);1H4. The molecule has 4 aromatic rings. The van der Waals surface area contributed by atoms with E-state index in [0.717, 1.165) is 38.2 Å². The van der Waals surface area contributed by atoms with Crippen molar-refractivity contribution in [1.82, 2.24) is 24.6 Å². The number of likely N-dealkylation sites (tertiary alicyclic amines) is 1. The van der Waals surface area contributed by atoms with Gasteiger partial charge in [0, 0.05) is 38.0 Å². The molecule has 5 rings (SSSR count). The minimum atomic E-state index is -3.07. The van der Waals surface area contributed by atoms with Crippen molar-refractivity contribution >= 4 is 16.8 Å². The number of hydrogen-bond donors (Lipinski definition) is 1. The zero-order chi connectivity index (χ0) is 26.8. The molecule has 1 aliphatic rings. The van der Waals surface area contributed by atoms with Crippen molar-refractivity contribution in [2.24, 2.45) is 0 Å². The van der Waals surface area contributed by atoms with E-state index in [4.69, 9.17) is 9.47 Å². The van der Waals surface area contributed by atoms with E-state index in [1.165, 1.54) is 30.5 Å². The number of aromatic amines is 1. The van der Waals surface area contributed by atoms with Crippen LogP contribution in [0.4, 0.5) is 13.2 Å². The summed E-state index contributed by atoms with van der Waals surface area (Å²) in [5.74, 6) is -0.966. The highest BCUT2D eigenvalue weighted by molar-refractivity contribution is 5.97. The molecule has 0 unspecified atom stereocenters. The summed E-state index contributed by atoms with van der Waals surface area (Å²) < 4.78 is 53.1. The van der Waals surface area contributed by atoms with Crippen LogP contribution in [0.5, 0.6) is 17.4 Å². The smallest absolute Gasteiger partial charge is 0.321 e. The molecule has 206 valence electrons. The zero-order valence-corrected chi connectivity index (χ0v) is 20.4. The van der Waals surface area contributed by atoms with Crippen LogP contribution in [0.3, 0.4) is 0 Å². The van der Waals surface area contributed by atoms with Crippen LogP contribution in [0, 0.1) is 5.82 Å². The van der Waals surface area contributed by atoms with Gasteiger partial charge in [-0.1, -0.05) is 13.5 Å². The lowest BCUT2D eigenvalue weighted by Gasteiger charge is -2.28. The number of benzene rings is 1. The van der Waals surface area contributed by atoms with Gasteiger partial charge in [0.25, 0.3) is 5.56 Å². The first-order valence-electron chi connectivity index (χ1n) is 12.0. The Hall–Kier alpha value is -4.19. The van der Waals surface area contributed by atoms with E-state index in [2.05, 4.69) is 27.1 Å². The number of hydrogen-bond acceptors (Lipinski definition) is 7. The molecule has 0 bridgehead atoms. The normalized spacial score (nSPS) is 14.4. The summed E-state index contributed by atoms with van der Waals surface area (Å²) in [6.45, 7) is -1.27. The maximum Gasteiger partial charge on any atom is 0.321 e. The van der Waals surface area contributed by atoms with Crippen LogP contribution in [0.15, 0.2) is 53.6 Å². The number of aromatic nitrogens is 4. The highest BCUT2D eigenvalue weighted by Crippen LogP contribution is 2.36. The fraction of sp³-hybridized carbons (Fsp3) is 0.333. The van der Waals surface area contributed by atoms with Crippen LogP contribution in [-0.2, 0) is 6.42 Å². The quantitative estimate of drug-likeness (QED) is 0.313. The molecule has 4 heterocycles. The number of ketones is 1. The molecule has 1 N–H and O–H groups in total. The number of rotatable bonds is 8. The number of nitrogens with one attached hydrogen (secondary N) is 1. The summed E-state index contributed by atoms with van der Waals surface area (Å²) in [7, 11) is 2.05. The van der Waals surface area contributed by atoms with Gasteiger partial charge in [-0.2, -0.15) is 8.78 Å². The molecule has 0 aliphatic carbocycles. The van der Waals surface area contributed by atoms with Crippen LogP contribution in [-0.4, -0.2) is 56.7 Å². The minimum Gasteiger partial charge on any atom is -0.473 e. The number of ether oxygens (including phenoxy) is 2. The molecule has 0 atom stereocenters. The van der Waals surface area contributed by atoms with Gasteiger partial charge in [-0.3, -0.25) is 19.3 Å². The number of halogens is 3. The summed E-state index contributed by atoms with van der Waals surface area (Å²) in [6.07, 6.45) is 3.70. The van der Waals surface area contributed by atoms with Crippen molar-refractivity contribution in [3.05, 3.63) is 76.1 Å². The number of carbonyl (C=O) groups is 1. The molecule has 3 aromatic heterocycles. The van der Waals surface area contributed by atoms with E-state index in [0.29, 0.717) is 16.9 Å². The number of fused-ring (bicyclic) bond motifs is 1. The number of H-pyrrole nitrogens is 1. The second-order valence-corrected chi connectivity index (χ2v) is 9.06. The largest absolute Gasteiger partial charge is 0.473 e. The van der Waals surface area contributed by atoms with Gasteiger partial charge in [0.05, 0.1) is 5.56 Å². The van der Waals surface area contributed by atoms with Crippen molar-refractivity contribution in [3.63, 3.8) is 0 Å². The highest BCUT2D eigenvalue weighted by Gasteiger charge is 2.23. The van der Waals surface area contributed by atoms with E-state index in [1.807, 2.05) is 0 Å². The summed E-state index contributed by atoms with van der Waals surface area (Å²) in [4.78, 5) is 31.2.